The standard InChI is InChI=1S/C21H19FN4O2S/c1-13-16(24-21(28-13)17-4-3-11-29-17)12-18(27)25-19(20-23-9-10-26(20)2)14-5-7-15(22)8-6-14/h3-11,19H,12H2,1-2H3,(H,25,27). The zero-order valence-electron chi connectivity index (χ0n) is 15.9. The van der Waals surface area contributed by atoms with E-state index in [1.807, 2.05) is 29.1 Å². The molecule has 3 aromatic heterocycles. The zero-order valence-corrected chi connectivity index (χ0v) is 16.7. The second kappa shape index (κ2) is 8.00. The topological polar surface area (TPSA) is 73.0 Å². The first-order chi connectivity index (χ1) is 14.0. The summed E-state index contributed by atoms with van der Waals surface area (Å²) in [5, 5.41) is 4.94. The fourth-order valence-electron chi connectivity index (χ4n) is 3.07. The van der Waals surface area contributed by atoms with Gasteiger partial charge in [-0.3, -0.25) is 4.79 Å². The van der Waals surface area contributed by atoms with Crippen LogP contribution in [0.1, 0.15) is 28.9 Å². The Bertz CT molecular complexity index is 1120. The monoisotopic (exact) mass is 410 g/mol. The number of halogens is 1. The number of carbonyl (C=O) groups excluding carboxylic acids is 1. The first-order valence-electron chi connectivity index (χ1n) is 9.03. The Morgan fingerprint density at radius 2 is 2.10 bits per heavy atom. The van der Waals surface area contributed by atoms with Crippen molar-refractivity contribution < 1.29 is 13.6 Å². The third kappa shape index (κ3) is 4.12. The van der Waals surface area contributed by atoms with Crippen molar-refractivity contribution in [2.75, 3.05) is 0 Å². The first kappa shape index (κ1) is 19.1. The summed E-state index contributed by atoms with van der Waals surface area (Å²) in [5.74, 6) is 1.22. The molecule has 0 aliphatic heterocycles. The minimum atomic E-state index is -0.507. The molecule has 4 rings (SSSR count). The molecular formula is C21H19FN4O2S. The van der Waals surface area contributed by atoms with Crippen LogP contribution in [0.4, 0.5) is 4.39 Å². The summed E-state index contributed by atoms with van der Waals surface area (Å²) in [4.78, 5) is 22.6. The highest BCUT2D eigenvalue weighted by Crippen LogP contribution is 2.26. The number of amides is 1. The van der Waals surface area contributed by atoms with Gasteiger partial charge >= 0.3 is 0 Å². The molecule has 3 heterocycles. The van der Waals surface area contributed by atoms with Crippen molar-refractivity contribution in [3.05, 3.63) is 82.8 Å². The minimum absolute atomic E-state index is 0.0722. The third-order valence-electron chi connectivity index (χ3n) is 4.58. The van der Waals surface area contributed by atoms with E-state index in [4.69, 9.17) is 4.42 Å². The van der Waals surface area contributed by atoms with Gasteiger partial charge in [0, 0.05) is 19.4 Å². The molecule has 29 heavy (non-hydrogen) atoms. The predicted octanol–water partition coefficient (Wildman–Crippen LogP) is 4.03. The normalized spacial score (nSPS) is 12.1. The van der Waals surface area contributed by atoms with E-state index in [1.165, 1.54) is 23.5 Å². The molecule has 1 aromatic carbocycles. The number of imidazole rings is 1. The van der Waals surface area contributed by atoms with Crippen molar-refractivity contribution in [1.29, 1.82) is 0 Å². The molecule has 4 aromatic rings. The van der Waals surface area contributed by atoms with Crippen LogP contribution < -0.4 is 5.32 Å². The van der Waals surface area contributed by atoms with Gasteiger partial charge in [0.25, 0.3) is 0 Å². The van der Waals surface area contributed by atoms with E-state index in [1.54, 1.807) is 31.5 Å². The maximum Gasteiger partial charge on any atom is 0.236 e. The molecule has 0 saturated carbocycles. The van der Waals surface area contributed by atoms with Gasteiger partial charge in [-0.05, 0) is 36.1 Å². The number of nitrogens with zero attached hydrogens (tertiary/aromatic N) is 3. The van der Waals surface area contributed by atoms with Crippen LogP contribution in [-0.4, -0.2) is 20.4 Å². The van der Waals surface area contributed by atoms with Crippen LogP contribution in [0.3, 0.4) is 0 Å². The summed E-state index contributed by atoms with van der Waals surface area (Å²) in [6, 6.07) is 9.36. The summed E-state index contributed by atoms with van der Waals surface area (Å²) in [5.41, 5.74) is 1.33. The Morgan fingerprint density at radius 1 is 1.31 bits per heavy atom. The molecule has 0 fully saturated rings. The predicted molar refractivity (Wildman–Crippen MR) is 108 cm³/mol. The SMILES string of the molecule is Cc1oc(-c2cccs2)nc1CC(=O)NC(c1ccc(F)cc1)c1nccn1C. The van der Waals surface area contributed by atoms with E-state index < -0.39 is 6.04 Å². The summed E-state index contributed by atoms with van der Waals surface area (Å²) in [6.45, 7) is 1.79. The summed E-state index contributed by atoms with van der Waals surface area (Å²) < 4.78 is 20.9. The molecule has 148 valence electrons. The molecule has 1 unspecified atom stereocenters. The van der Waals surface area contributed by atoms with Crippen molar-refractivity contribution in [3.8, 4) is 10.8 Å². The van der Waals surface area contributed by atoms with Gasteiger partial charge in [0.05, 0.1) is 17.0 Å². The van der Waals surface area contributed by atoms with Crippen molar-refractivity contribution in [1.82, 2.24) is 19.9 Å². The van der Waals surface area contributed by atoms with Crippen LogP contribution in [0, 0.1) is 12.7 Å². The molecule has 1 N–H and O–H groups in total. The first-order valence-corrected chi connectivity index (χ1v) is 9.91. The number of hydrogen-bond acceptors (Lipinski definition) is 5. The molecule has 0 aliphatic carbocycles. The quantitative estimate of drug-likeness (QED) is 0.521. The summed E-state index contributed by atoms with van der Waals surface area (Å²) in [7, 11) is 1.85. The van der Waals surface area contributed by atoms with Gasteiger partial charge in [-0.1, -0.05) is 18.2 Å². The number of thiophene rings is 1. The lowest BCUT2D eigenvalue weighted by Crippen LogP contribution is -2.32. The number of oxazole rings is 1. The van der Waals surface area contributed by atoms with E-state index in [0.29, 0.717) is 23.2 Å². The van der Waals surface area contributed by atoms with E-state index in [2.05, 4.69) is 15.3 Å². The number of carbonyl (C=O) groups is 1. The molecule has 0 saturated heterocycles. The fourth-order valence-corrected chi connectivity index (χ4v) is 3.72. The van der Waals surface area contributed by atoms with Gasteiger partial charge in [0.1, 0.15) is 23.4 Å². The number of hydrogen-bond donors (Lipinski definition) is 1. The largest absolute Gasteiger partial charge is 0.440 e. The van der Waals surface area contributed by atoms with Crippen molar-refractivity contribution in [2.24, 2.45) is 7.05 Å². The molecule has 0 bridgehead atoms. The smallest absolute Gasteiger partial charge is 0.236 e. The highest BCUT2D eigenvalue weighted by atomic mass is 32.1. The lowest BCUT2D eigenvalue weighted by atomic mass is 10.1. The second-order valence-electron chi connectivity index (χ2n) is 6.62. The van der Waals surface area contributed by atoms with Crippen molar-refractivity contribution in [3.63, 3.8) is 0 Å². The Hall–Kier alpha value is -3.26. The number of aryl methyl sites for hydroxylation is 2. The Kier molecular flexibility index (Phi) is 5.26. The lowest BCUT2D eigenvalue weighted by Gasteiger charge is -2.19. The van der Waals surface area contributed by atoms with Crippen molar-refractivity contribution >= 4 is 17.2 Å². The molecule has 1 amide bonds. The highest BCUT2D eigenvalue weighted by Gasteiger charge is 2.22. The molecule has 8 heteroatoms. The minimum Gasteiger partial charge on any atom is -0.440 e. The van der Waals surface area contributed by atoms with E-state index in [-0.39, 0.29) is 18.1 Å². The number of benzene rings is 1. The van der Waals surface area contributed by atoms with Crippen LogP contribution in [0.25, 0.3) is 10.8 Å². The molecule has 6 nitrogen and oxygen atoms in total. The molecule has 0 aliphatic rings. The van der Waals surface area contributed by atoms with Crippen LogP contribution in [-0.2, 0) is 18.3 Å². The molecule has 1 atom stereocenters. The van der Waals surface area contributed by atoms with E-state index >= 15 is 0 Å². The van der Waals surface area contributed by atoms with Crippen LogP contribution in [0.15, 0.2) is 58.6 Å². The Balaban J connectivity index is 1.56. The van der Waals surface area contributed by atoms with Crippen LogP contribution >= 0.6 is 11.3 Å². The van der Waals surface area contributed by atoms with Gasteiger partial charge in [0.15, 0.2) is 0 Å². The fraction of sp³-hybridized carbons (Fsp3) is 0.190. The Labute approximate surface area is 171 Å². The molecule has 0 radical (unpaired) electrons. The maximum absolute atomic E-state index is 13.4. The number of nitrogens with one attached hydrogen (secondary N) is 1. The van der Waals surface area contributed by atoms with Gasteiger partial charge in [-0.15, -0.1) is 11.3 Å². The molecular weight excluding hydrogens is 391 g/mol. The van der Waals surface area contributed by atoms with Crippen molar-refractivity contribution in [2.45, 2.75) is 19.4 Å². The maximum atomic E-state index is 13.4. The van der Waals surface area contributed by atoms with Gasteiger partial charge in [-0.25, -0.2) is 14.4 Å². The van der Waals surface area contributed by atoms with Crippen LogP contribution in [0.2, 0.25) is 0 Å². The molecule has 0 spiro atoms. The highest BCUT2D eigenvalue weighted by molar-refractivity contribution is 7.13. The van der Waals surface area contributed by atoms with Gasteiger partial charge < -0.3 is 14.3 Å². The zero-order chi connectivity index (χ0) is 20.4. The van der Waals surface area contributed by atoms with E-state index in [9.17, 15) is 9.18 Å². The summed E-state index contributed by atoms with van der Waals surface area (Å²) in [6.07, 6.45) is 3.53. The van der Waals surface area contributed by atoms with Gasteiger partial charge in [0.2, 0.25) is 11.8 Å². The van der Waals surface area contributed by atoms with Crippen LogP contribution in [0.5, 0.6) is 0 Å². The second-order valence-corrected chi connectivity index (χ2v) is 7.57. The number of rotatable bonds is 6. The summed E-state index contributed by atoms with van der Waals surface area (Å²) >= 11 is 1.53. The third-order valence-corrected chi connectivity index (χ3v) is 5.44. The van der Waals surface area contributed by atoms with E-state index in [0.717, 1.165) is 10.4 Å². The lowest BCUT2D eigenvalue weighted by molar-refractivity contribution is -0.121. The average molecular weight is 410 g/mol. The average Bonchev–Trinajstić information content (AvgIpc) is 3.43. The Morgan fingerprint density at radius 3 is 2.76 bits per heavy atom. The number of aromatic nitrogens is 3. The van der Waals surface area contributed by atoms with Gasteiger partial charge in [-0.2, -0.15) is 0 Å².